The number of benzene rings is 2. The van der Waals surface area contributed by atoms with E-state index in [4.69, 9.17) is 0 Å². The summed E-state index contributed by atoms with van der Waals surface area (Å²) in [6.45, 7) is 8.13. The van der Waals surface area contributed by atoms with Crippen molar-refractivity contribution < 1.29 is 9.18 Å². The normalized spacial score (nSPS) is 10.7. The number of halogens is 1. The average molecular weight is 396 g/mol. The van der Waals surface area contributed by atoms with Crippen LogP contribution in [0.3, 0.4) is 0 Å². The summed E-state index contributed by atoms with van der Waals surface area (Å²) in [7, 11) is 0. The predicted octanol–water partition coefficient (Wildman–Crippen LogP) is 4.62. The monoisotopic (exact) mass is 396 g/mol. The van der Waals surface area contributed by atoms with Crippen LogP contribution >= 0.6 is 11.8 Å². The summed E-state index contributed by atoms with van der Waals surface area (Å²) in [5.41, 5.74) is 3.30. The first-order chi connectivity index (χ1) is 13.5. The zero-order valence-corrected chi connectivity index (χ0v) is 16.6. The highest BCUT2D eigenvalue weighted by atomic mass is 32.2. The molecule has 3 rings (SSSR count). The third kappa shape index (κ3) is 4.67. The molecule has 1 heterocycles. The van der Waals surface area contributed by atoms with E-state index in [1.54, 1.807) is 28.8 Å². The zero-order valence-electron chi connectivity index (χ0n) is 15.8. The summed E-state index contributed by atoms with van der Waals surface area (Å²) in [5.74, 6) is 0.0645. The Hall–Kier alpha value is -2.93. The number of carbonyl (C=O) groups excluding carboxylic acids is 1. The Morgan fingerprint density at radius 3 is 2.61 bits per heavy atom. The third-order valence-electron chi connectivity index (χ3n) is 3.98. The van der Waals surface area contributed by atoms with Gasteiger partial charge < -0.3 is 5.32 Å². The number of thioether (sulfide) groups is 1. The molecular weight excluding hydrogens is 375 g/mol. The van der Waals surface area contributed by atoms with Gasteiger partial charge in [-0.15, -0.1) is 16.8 Å². The molecule has 0 saturated carbocycles. The fourth-order valence-corrected chi connectivity index (χ4v) is 3.65. The van der Waals surface area contributed by atoms with Crippen molar-refractivity contribution in [2.24, 2.45) is 0 Å². The second kappa shape index (κ2) is 8.84. The molecular formula is C21H21FN4OS. The largest absolute Gasteiger partial charge is 0.325 e. The molecule has 0 aliphatic rings. The Kier molecular flexibility index (Phi) is 6.26. The van der Waals surface area contributed by atoms with Crippen LogP contribution in [0, 0.1) is 19.7 Å². The highest BCUT2D eigenvalue weighted by molar-refractivity contribution is 7.99. The topological polar surface area (TPSA) is 59.8 Å². The Bertz CT molecular complexity index is 995. The van der Waals surface area contributed by atoms with Crippen molar-refractivity contribution in [3.63, 3.8) is 0 Å². The van der Waals surface area contributed by atoms with Crippen LogP contribution in [0.2, 0.25) is 0 Å². The third-order valence-corrected chi connectivity index (χ3v) is 4.95. The smallest absolute Gasteiger partial charge is 0.234 e. The number of anilines is 1. The molecule has 1 N–H and O–H groups in total. The second-order valence-corrected chi connectivity index (χ2v) is 7.34. The van der Waals surface area contributed by atoms with Gasteiger partial charge in [0.1, 0.15) is 5.82 Å². The van der Waals surface area contributed by atoms with Gasteiger partial charge in [0.25, 0.3) is 0 Å². The van der Waals surface area contributed by atoms with Gasteiger partial charge in [-0.1, -0.05) is 36.0 Å². The molecule has 0 atom stereocenters. The summed E-state index contributed by atoms with van der Waals surface area (Å²) >= 11 is 1.25. The van der Waals surface area contributed by atoms with Crippen LogP contribution in [0.5, 0.6) is 0 Å². The van der Waals surface area contributed by atoms with Gasteiger partial charge in [0.2, 0.25) is 5.91 Å². The Balaban J connectivity index is 1.74. The maximum atomic E-state index is 14.1. The summed E-state index contributed by atoms with van der Waals surface area (Å²) in [6, 6.07) is 12.3. The Morgan fingerprint density at radius 2 is 1.93 bits per heavy atom. The number of rotatable bonds is 7. The van der Waals surface area contributed by atoms with Crippen LogP contribution in [-0.2, 0) is 11.3 Å². The first kappa shape index (κ1) is 19.8. The van der Waals surface area contributed by atoms with Crippen LogP contribution < -0.4 is 5.32 Å². The van der Waals surface area contributed by atoms with Crippen LogP contribution in [0.25, 0.3) is 11.4 Å². The standard InChI is InChI=1S/C21H21FN4OS/c1-4-9-26-20(17-7-5-6-8-18(17)22)24-25-21(26)28-13-19(27)23-16-11-14(2)10-15(3)12-16/h4-8,10-12H,1,9,13H2,2-3H3,(H,23,27). The molecule has 28 heavy (non-hydrogen) atoms. The minimum Gasteiger partial charge on any atom is -0.325 e. The fraction of sp³-hybridized carbons (Fsp3) is 0.190. The molecule has 1 amide bonds. The molecule has 0 unspecified atom stereocenters. The van der Waals surface area contributed by atoms with E-state index in [0.29, 0.717) is 23.1 Å². The van der Waals surface area contributed by atoms with E-state index in [2.05, 4.69) is 22.1 Å². The van der Waals surface area contributed by atoms with Crippen LogP contribution in [-0.4, -0.2) is 26.4 Å². The maximum absolute atomic E-state index is 14.1. The molecule has 0 aliphatic carbocycles. The number of carbonyl (C=O) groups is 1. The molecule has 0 bridgehead atoms. The molecule has 0 fully saturated rings. The number of allylic oxidation sites excluding steroid dienone is 1. The summed E-state index contributed by atoms with van der Waals surface area (Å²) in [6.07, 6.45) is 1.69. The van der Waals surface area contributed by atoms with Gasteiger partial charge in [-0.25, -0.2) is 4.39 Å². The van der Waals surface area contributed by atoms with Crippen molar-refractivity contribution in [1.82, 2.24) is 14.8 Å². The molecule has 2 aromatic carbocycles. The van der Waals surface area contributed by atoms with Gasteiger partial charge in [0.15, 0.2) is 11.0 Å². The lowest BCUT2D eigenvalue weighted by Crippen LogP contribution is -2.15. The van der Waals surface area contributed by atoms with Gasteiger partial charge in [-0.3, -0.25) is 9.36 Å². The van der Waals surface area contributed by atoms with Gasteiger partial charge in [0, 0.05) is 12.2 Å². The summed E-state index contributed by atoms with van der Waals surface area (Å²) in [4.78, 5) is 12.3. The number of amides is 1. The van der Waals surface area contributed by atoms with Crippen molar-refractivity contribution in [2.75, 3.05) is 11.1 Å². The molecule has 1 aromatic heterocycles. The number of nitrogens with zero attached hydrogens (tertiary/aromatic N) is 3. The SMILES string of the molecule is C=CCn1c(SCC(=O)Nc2cc(C)cc(C)c2)nnc1-c1ccccc1F. The number of hydrogen-bond acceptors (Lipinski definition) is 4. The maximum Gasteiger partial charge on any atom is 0.234 e. The summed E-state index contributed by atoms with van der Waals surface area (Å²) in [5, 5.41) is 11.7. The van der Waals surface area contributed by atoms with Crippen LogP contribution in [0.4, 0.5) is 10.1 Å². The van der Waals surface area contributed by atoms with Crippen molar-refractivity contribution in [2.45, 2.75) is 25.5 Å². The van der Waals surface area contributed by atoms with Gasteiger partial charge in [-0.2, -0.15) is 0 Å². The van der Waals surface area contributed by atoms with Gasteiger partial charge in [-0.05, 0) is 49.2 Å². The van der Waals surface area contributed by atoms with E-state index in [9.17, 15) is 9.18 Å². The first-order valence-corrected chi connectivity index (χ1v) is 9.76. The number of aromatic nitrogens is 3. The van der Waals surface area contributed by atoms with E-state index >= 15 is 0 Å². The molecule has 0 radical (unpaired) electrons. The van der Waals surface area contributed by atoms with Crippen molar-refractivity contribution >= 4 is 23.4 Å². The van der Waals surface area contributed by atoms with E-state index in [1.165, 1.54) is 17.8 Å². The molecule has 0 spiro atoms. The molecule has 144 valence electrons. The second-order valence-electron chi connectivity index (χ2n) is 6.40. The van der Waals surface area contributed by atoms with Crippen molar-refractivity contribution in [1.29, 1.82) is 0 Å². The average Bonchev–Trinajstić information content (AvgIpc) is 3.02. The quantitative estimate of drug-likeness (QED) is 0.468. The number of hydrogen-bond donors (Lipinski definition) is 1. The number of aryl methyl sites for hydroxylation is 2. The summed E-state index contributed by atoms with van der Waals surface area (Å²) < 4.78 is 15.9. The molecule has 3 aromatic rings. The van der Waals surface area contributed by atoms with Gasteiger partial charge in [0.05, 0.1) is 11.3 Å². The predicted molar refractivity (Wildman–Crippen MR) is 111 cm³/mol. The molecule has 7 heteroatoms. The highest BCUT2D eigenvalue weighted by Crippen LogP contribution is 2.26. The van der Waals surface area contributed by atoms with E-state index < -0.39 is 0 Å². The Morgan fingerprint density at radius 1 is 1.21 bits per heavy atom. The van der Waals surface area contributed by atoms with Crippen LogP contribution in [0.15, 0.2) is 60.3 Å². The lowest BCUT2D eigenvalue weighted by molar-refractivity contribution is -0.113. The minimum atomic E-state index is -0.371. The van der Waals surface area contributed by atoms with Crippen molar-refractivity contribution in [3.05, 3.63) is 72.1 Å². The minimum absolute atomic E-state index is 0.143. The molecule has 0 saturated heterocycles. The van der Waals surface area contributed by atoms with Gasteiger partial charge >= 0.3 is 0 Å². The zero-order chi connectivity index (χ0) is 20.1. The van der Waals surface area contributed by atoms with E-state index in [-0.39, 0.29) is 17.5 Å². The van der Waals surface area contributed by atoms with E-state index in [0.717, 1.165) is 16.8 Å². The lowest BCUT2D eigenvalue weighted by Gasteiger charge is -2.09. The first-order valence-electron chi connectivity index (χ1n) is 8.78. The highest BCUT2D eigenvalue weighted by Gasteiger charge is 2.17. The van der Waals surface area contributed by atoms with Crippen LogP contribution in [0.1, 0.15) is 11.1 Å². The molecule has 0 aliphatic heterocycles. The van der Waals surface area contributed by atoms with Crippen molar-refractivity contribution in [3.8, 4) is 11.4 Å². The number of nitrogens with one attached hydrogen (secondary N) is 1. The lowest BCUT2D eigenvalue weighted by atomic mass is 10.1. The fourth-order valence-electron chi connectivity index (χ4n) is 2.90. The van der Waals surface area contributed by atoms with E-state index in [1.807, 2.05) is 32.0 Å². The Labute approximate surface area is 167 Å². The molecule has 5 nitrogen and oxygen atoms in total.